The van der Waals surface area contributed by atoms with Gasteiger partial charge in [0.25, 0.3) is 0 Å². The molecule has 0 saturated carbocycles. The van der Waals surface area contributed by atoms with Gasteiger partial charge in [-0.1, -0.05) is 11.6 Å². The van der Waals surface area contributed by atoms with Crippen LogP contribution in [0, 0.1) is 0 Å². The van der Waals surface area contributed by atoms with Gasteiger partial charge in [-0.25, -0.2) is 4.79 Å². The summed E-state index contributed by atoms with van der Waals surface area (Å²) in [4.78, 5) is 11.5. The predicted octanol–water partition coefficient (Wildman–Crippen LogP) is 3.67. The van der Waals surface area contributed by atoms with Crippen LogP contribution in [-0.2, 0) is 4.74 Å². The van der Waals surface area contributed by atoms with E-state index in [1.54, 1.807) is 0 Å². The summed E-state index contributed by atoms with van der Waals surface area (Å²) in [6, 6.07) is 7.52. The van der Waals surface area contributed by atoms with Crippen LogP contribution in [0.15, 0.2) is 24.3 Å². The standard InChI is InChI=1S/C14H21ClN2O2/c1-10(9-16-13(18)19-14(2,3)4)17-12-7-5-11(15)6-8-12/h5-8,10,17H,9H2,1-4H3,(H,16,18). The number of carbonyl (C=O) groups is 1. The molecule has 0 heterocycles. The molecule has 1 atom stereocenters. The summed E-state index contributed by atoms with van der Waals surface area (Å²) < 4.78 is 5.16. The molecule has 0 radical (unpaired) electrons. The third kappa shape index (κ3) is 6.91. The second-order valence-corrected chi connectivity index (χ2v) is 5.87. The fraction of sp³-hybridized carbons (Fsp3) is 0.500. The zero-order chi connectivity index (χ0) is 14.5. The molecule has 0 bridgehead atoms. The highest BCUT2D eigenvalue weighted by atomic mass is 35.5. The Labute approximate surface area is 119 Å². The lowest BCUT2D eigenvalue weighted by Crippen LogP contribution is -2.38. The van der Waals surface area contributed by atoms with Gasteiger partial charge in [0.15, 0.2) is 0 Å². The van der Waals surface area contributed by atoms with Crippen LogP contribution < -0.4 is 10.6 Å². The molecule has 4 nitrogen and oxygen atoms in total. The van der Waals surface area contributed by atoms with Gasteiger partial charge in [0.2, 0.25) is 0 Å². The third-order valence-electron chi connectivity index (χ3n) is 2.21. The monoisotopic (exact) mass is 284 g/mol. The Bertz CT molecular complexity index is 412. The molecule has 0 saturated heterocycles. The largest absolute Gasteiger partial charge is 0.444 e. The topological polar surface area (TPSA) is 50.4 Å². The number of benzene rings is 1. The van der Waals surface area contributed by atoms with Crippen molar-refractivity contribution in [2.75, 3.05) is 11.9 Å². The molecule has 1 amide bonds. The number of ether oxygens (including phenoxy) is 1. The van der Waals surface area contributed by atoms with Gasteiger partial charge in [-0.05, 0) is 52.0 Å². The smallest absolute Gasteiger partial charge is 0.407 e. The van der Waals surface area contributed by atoms with Gasteiger partial charge in [0.05, 0.1) is 0 Å². The van der Waals surface area contributed by atoms with E-state index in [1.165, 1.54) is 0 Å². The van der Waals surface area contributed by atoms with Gasteiger partial charge in [-0.2, -0.15) is 0 Å². The Morgan fingerprint density at radius 2 is 1.89 bits per heavy atom. The summed E-state index contributed by atoms with van der Waals surface area (Å²) in [6.45, 7) is 7.97. The summed E-state index contributed by atoms with van der Waals surface area (Å²) >= 11 is 5.81. The number of carbonyl (C=O) groups excluding carboxylic acids is 1. The number of nitrogens with one attached hydrogen (secondary N) is 2. The molecule has 0 aliphatic heterocycles. The van der Waals surface area contributed by atoms with Crippen molar-refractivity contribution in [1.82, 2.24) is 5.32 Å². The molecule has 0 aromatic heterocycles. The van der Waals surface area contributed by atoms with E-state index in [-0.39, 0.29) is 6.04 Å². The molecule has 0 aliphatic carbocycles. The normalized spacial score (nSPS) is 12.7. The highest BCUT2D eigenvalue weighted by molar-refractivity contribution is 6.30. The van der Waals surface area contributed by atoms with E-state index < -0.39 is 11.7 Å². The Kier molecular flexibility index (Phi) is 5.48. The molecule has 1 unspecified atom stereocenters. The highest BCUT2D eigenvalue weighted by Gasteiger charge is 2.16. The lowest BCUT2D eigenvalue weighted by atomic mass is 10.2. The van der Waals surface area contributed by atoms with Crippen molar-refractivity contribution in [3.63, 3.8) is 0 Å². The summed E-state index contributed by atoms with van der Waals surface area (Å²) in [5.74, 6) is 0. The Hall–Kier alpha value is -1.42. The van der Waals surface area contributed by atoms with Crippen LogP contribution in [0.4, 0.5) is 10.5 Å². The predicted molar refractivity (Wildman–Crippen MR) is 78.8 cm³/mol. The van der Waals surface area contributed by atoms with Crippen molar-refractivity contribution in [2.24, 2.45) is 0 Å². The first-order valence-corrected chi connectivity index (χ1v) is 6.63. The minimum Gasteiger partial charge on any atom is -0.444 e. The van der Waals surface area contributed by atoms with E-state index in [1.807, 2.05) is 52.0 Å². The second-order valence-electron chi connectivity index (χ2n) is 5.44. The van der Waals surface area contributed by atoms with Gasteiger partial charge >= 0.3 is 6.09 Å². The van der Waals surface area contributed by atoms with E-state index in [9.17, 15) is 4.79 Å². The SMILES string of the molecule is CC(CNC(=O)OC(C)(C)C)Nc1ccc(Cl)cc1. The maximum Gasteiger partial charge on any atom is 0.407 e. The van der Waals surface area contributed by atoms with Crippen molar-refractivity contribution < 1.29 is 9.53 Å². The number of anilines is 1. The van der Waals surface area contributed by atoms with E-state index >= 15 is 0 Å². The van der Waals surface area contributed by atoms with Crippen LogP contribution in [0.5, 0.6) is 0 Å². The first kappa shape index (κ1) is 15.6. The molecule has 0 spiro atoms. The molecule has 1 aromatic carbocycles. The maximum absolute atomic E-state index is 11.5. The summed E-state index contributed by atoms with van der Waals surface area (Å²) in [5.41, 5.74) is 0.486. The molecule has 19 heavy (non-hydrogen) atoms. The second kappa shape index (κ2) is 6.66. The molecule has 5 heteroatoms. The lowest BCUT2D eigenvalue weighted by Gasteiger charge is -2.21. The fourth-order valence-corrected chi connectivity index (χ4v) is 1.56. The Balaban J connectivity index is 2.33. The van der Waals surface area contributed by atoms with Crippen molar-refractivity contribution in [3.8, 4) is 0 Å². The number of alkyl carbamates (subject to hydrolysis) is 1. The van der Waals surface area contributed by atoms with Crippen molar-refractivity contribution in [3.05, 3.63) is 29.3 Å². The molecular weight excluding hydrogens is 264 g/mol. The van der Waals surface area contributed by atoms with Gasteiger partial charge in [-0.15, -0.1) is 0 Å². The number of hydrogen-bond acceptors (Lipinski definition) is 3. The van der Waals surface area contributed by atoms with Crippen LogP contribution in [0.25, 0.3) is 0 Å². The van der Waals surface area contributed by atoms with E-state index in [0.717, 1.165) is 5.69 Å². The van der Waals surface area contributed by atoms with Gasteiger partial charge < -0.3 is 15.4 Å². The molecule has 0 aliphatic rings. The van der Waals surface area contributed by atoms with Crippen LogP contribution >= 0.6 is 11.6 Å². The molecule has 1 aromatic rings. The maximum atomic E-state index is 11.5. The number of rotatable bonds is 4. The van der Waals surface area contributed by atoms with Crippen molar-refractivity contribution >= 4 is 23.4 Å². The van der Waals surface area contributed by atoms with E-state index in [2.05, 4.69) is 10.6 Å². The van der Waals surface area contributed by atoms with Gasteiger partial charge in [0, 0.05) is 23.3 Å². The van der Waals surface area contributed by atoms with Crippen molar-refractivity contribution in [1.29, 1.82) is 0 Å². The zero-order valence-corrected chi connectivity index (χ0v) is 12.5. The average molecular weight is 285 g/mol. The quantitative estimate of drug-likeness (QED) is 0.887. The first-order valence-electron chi connectivity index (χ1n) is 6.25. The zero-order valence-electron chi connectivity index (χ0n) is 11.8. The van der Waals surface area contributed by atoms with Crippen LogP contribution in [0.2, 0.25) is 5.02 Å². The minimum atomic E-state index is -0.475. The van der Waals surface area contributed by atoms with E-state index in [4.69, 9.17) is 16.3 Å². The minimum absolute atomic E-state index is 0.0914. The number of amides is 1. The first-order chi connectivity index (χ1) is 8.76. The Morgan fingerprint density at radius 3 is 2.42 bits per heavy atom. The average Bonchev–Trinajstić information content (AvgIpc) is 2.27. The number of hydrogen-bond donors (Lipinski definition) is 2. The molecule has 2 N–H and O–H groups in total. The van der Waals surface area contributed by atoms with Crippen LogP contribution in [-0.4, -0.2) is 24.3 Å². The Morgan fingerprint density at radius 1 is 1.32 bits per heavy atom. The van der Waals surface area contributed by atoms with Crippen LogP contribution in [0.1, 0.15) is 27.7 Å². The third-order valence-corrected chi connectivity index (χ3v) is 2.46. The fourth-order valence-electron chi connectivity index (χ4n) is 1.43. The highest BCUT2D eigenvalue weighted by Crippen LogP contribution is 2.14. The number of halogens is 1. The van der Waals surface area contributed by atoms with Gasteiger partial charge in [0.1, 0.15) is 5.60 Å². The van der Waals surface area contributed by atoms with E-state index in [0.29, 0.717) is 11.6 Å². The summed E-state index contributed by atoms with van der Waals surface area (Å²) in [5, 5.41) is 6.68. The van der Waals surface area contributed by atoms with Crippen molar-refractivity contribution in [2.45, 2.75) is 39.3 Å². The summed E-state index contributed by atoms with van der Waals surface area (Å²) in [7, 11) is 0. The molecule has 1 rings (SSSR count). The molecular formula is C14H21ClN2O2. The van der Waals surface area contributed by atoms with Gasteiger partial charge in [-0.3, -0.25) is 0 Å². The summed E-state index contributed by atoms with van der Waals surface area (Å²) in [6.07, 6.45) is -0.405. The van der Waals surface area contributed by atoms with Crippen LogP contribution in [0.3, 0.4) is 0 Å². The molecule has 106 valence electrons. The lowest BCUT2D eigenvalue weighted by molar-refractivity contribution is 0.0526. The molecule has 0 fully saturated rings.